The number of rotatable bonds is 2. The lowest BCUT2D eigenvalue weighted by Gasteiger charge is -2.07. The SMILES string of the molecule is O=[N+]([O-])c1c(-c2ccc3[nH]ccc3c2)ccc2ccccc12. The smallest absolute Gasteiger partial charge is 0.284 e. The van der Waals surface area contributed by atoms with E-state index in [2.05, 4.69) is 4.98 Å². The number of nitro benzene ring substituents is 1. The van der Waals surface area contributed by atoms with E-state index in [9.17, 15) is 10.1 Å². The third-order valence-corrected chi connectivity index (χ3v) is 3.95. The minimum absolute atomic E-state index is 0.160. The fraction of sp³-hybridized carbons (Fsp3) is 0. The molecule has 0 amide bonds. The summed E-state index contributed by atoms with van der Waals surface area (Å²) in [6, 6.07) is 19.0. The van der Waals surface area contributed by atoms with E-state index in [0.29, 0.717) is 10.9 Å². The summed E-state index contributed by atoms with van der Waals surface area (Å²) in [7, 11) is 0. The third-order valence-electron chi connectivity index (χ3n) is 3.95. The molecule has 4 nitrogen and oxygen atoms in total. The van der Waals surface area contributed by atoms with E-state index in [0.717, 1.165) is 21.9 Å². The molecule has 0 aliphatic rings. The second-order valence-electron chi connectivity index (χ2n) is 5.22. The molecule has 0 aliphatic carbocycles. The van der Waals surface area contributed by atoms with Crippen molar-refractivity contribution in [2.75, 3.05) is 0 Å². The van der Waals surface area contributed by atoms with Crippen LogP contribution in [0.1, 0.15) is 0 Å². The molecule has 4 rings (SSSR count). The highest BCUT2D eigenvalue weighted by Crippen LogP contribution is 2.37. The Balaban J connectivity index is 2.04. The van der Waals surface area contributed by atoms with E-state index in [1.165, 1.54) is 0 Å². The standard InChI is InChI=1S/C18H12N2O2/c21-20(22)18-15-4-2-1-3-12(15)5-7-16(18)13-6-8-17-14(11-13)9-10-19-17/h1-11,19H. The highest BCUT2D eigenvalue weighted by molar-refractivity contribution is 5.99. The van der Waals surface area contributed by atoms with Crippen LogP contribution >= 0.6 is 0 Å². The number of nitro groups is 1. The fourth-order valence-corrected chi connectivity index (χ4v) is 2.91. The first-order valence-corrected chi connectivity index (χ1v) is 6.98. The lowest BCUT2D eigenvalue weighted by Crippen LogP contribution is -1.93. The van der Waals surface area contributed by atoms with Gasteiger partial charge < -0.3 is 4.98 Å². The molecule has 0 saturated heterocycles. The van der Waals surface area contributed by atoms with Crippen LogP contribution in [0.5, 0.6) is 0 Å². The molecule has 4 aromatic rings. The summed E-state index contributed by atoms with van der Waals surface area (Å²) in [5, 5.41) is 14.2. The Morgan fingerprint density at radius 3 is 2.64 bits per heavy atom. The van der Waals surface area contributed by atoms with Crippen molar-refractivity contribution in [2.45, 2.75) is 0 Å². The van der Waals surface area contributed by atoms with E-state index >= 15 is 0 Å². The predicted molar refractivity (Wildman–Crippen MR) is 87.9 cm³/mol. The van der Waals surface area contributed by atoms with Gasteiger partial charge in [-0.3, -0.25) is 10.1 Å². The molecule has 0 bridgehead atoms. The Hall–Kier alpha value is -3.14. The van der Waals surface area contributed by atoms with Gasteiger partial charge >= 0.3 is 0 Å². The number of aromatic nitrogens is 1. The summed E-state index contributed by atoms with van der Waals surface area (Å²) in [5.74, 6) is 0. The Labute approximate surface area is 126 Å². The minimum Gasteiger partial charge on any atom is -0.361 e. The highest BCUT2D eigenvalue weighted by Gasteiger charge is 2.19. The van der Waals surface area contributed by atoms with Gasteiger partial charge in [-0.1, -0.05) is 30.3 Å². The van der Waals surface area contributed by atoms with Gasteiger partial charge in [0.2, 0.25) is 0 Å². The van der Waals surface area contributed by atoms with E-state index < -0.39 is 0 Å². The van der Waals surface area contributed by atoms with E-state index in [1.54, 1.807) is 6.07 Å². The molecule has 1 N–H and O–H groups in total. The van der Waals surface area contributed by atoms with Crippen molar-refractivity contribution in [1.29, 1.82) is 0 Å². The topological polar surface area (TPSA) is 58.9 Å². The molecular formula is C18H12N2O2. The van der Waals surface area contributed by atoms with Crippen LogP contribution in [-0.2, 0) is 0 Å². The maximum Gasteiger partial charge on any atom is 0.284 e. The Bertz CT molecular complexity index is 1020. The van der Waals surface area contributed by atoms with Crippen LogP contribution in [0.4, 0.5) is 5.69 Å². The summed E-state index contributed by atoms with van der Waals surface area (Å²) in [6.07, 6.45) is 1.86. The van der Waals surface area contributed by atoms with Crippen LogP contribution in [-0.4, -0.2) is 9.91 Å². The van der Waals surface area contributed by atoms with Gasteiger partial charge in [-0.05, 0) is 46.7 Å². The molecule has 106 valence electrons. The first-order chi connectivity index (χ1) is 10.7. The van der Waals surface area contributed by atoms with Crippen LogP contribution in [0, 0.1) is 10.1 Å². The Kier molecular flexibility index (Phi) is 2.69. The predicted octanol–water partition coefficient (Wildman–Crippen LogP) is 4.90. The molecule has 0 atom stereocenters. The Morgan fingerprint density at radius 2 is 1.77 bits per heavy atom. The minimum atomic E-state index is -0.293. The number of hydrogen-bond donors (Lipinski definition) is 1. The molecule has 1 heterocycles. The fourth-order valence-electron chi connectivity index (χ4n) is 2.91. The molecule has 0 radical (unpaired) electrons. The van der Waals surface area contributed by atoms with Gasteiger partial charge in [-0.25, -0.2) is 0 Å². The van der Waals surface area contributed by atoms with Crippen molar-refractivity contribution in [3.63, 3.8) is 0 Å². The highest BCUT2D eigenvalue weighted by atomic mass is 16.6. The second kappa shape index (κ2) is 4.70. The maximum atomic E-state index is 11.6. The maximum absolute atomic E-state index is 11.6. The van der Waals surface area contributed by atoms with Crippen LogP contribution in [0.3, 0.4) is 0 Å². The summed E-state index contributed by atoms with van der Waals surface area (Å²) in [6.45, 7) is 0. The van der Waals surface area contributed by atoms with Gasteiger partial charge in [-0.15, -0.1) is 0 Å². The first kappa shape index (κ1) is 12.6. The zero-order chi connectivity index (χ0) is 15.1. The molecule has 4 heteroatoms. The quantitative estimate of drug-likeness (QED) is 0.421. The summed E-state index contributed by atoms with van der Waals surface area (Å²) in [5.41, 5.74) is 2.68. The van der Waals surface area contributed by atoms with Crippen LogP contribution < -0.4 is 0 Å². The van der Waals surface area contributed by atoms with Crippen molar-refractivity contribution in [1.82, 2.24) is 4.98 Å². The van der Waals surface area contributed by atoms with Gasteiger partial charge in [0.15, 0.2) is 0 Å². The van der Waals surface area contributed by atoms with Crippen LogP contribution in [0.25, 0.3) is 32.8 Å². The summed E-state index contributed by atoms with van der Waals surface area (Å²) < 4.78 is 0. The average Bonchev–Trinajstić information content (AvgIpc) is 3.01. The molecule has 1 aromatic heterocycles. The summed E-state index contributed by atoms with van der Waals surface area (Å²) in [4.78, 5) is 14.5. The van der Waals surface area contributed by atoms with E-state index in [1.807, 2.05) is 60.8 Å². The second-order valence-corrected chi connectivity index (χ2v) is 5.22. The molecule has 0 spiro atoms. The average molecular weight is 288 g/mol. The van der Waals surface area contributed by atoms with Crippen molar-refractivity contribution in [2.24, 2.45) is 0 Å². The number of H-pyrrole nitrogens is 1. The van der Waals surface area contributed by atoms with E-state index in [-0.39, 0.29) is 10.6 Å². The zero-order valence-corrected chi connectivity index (χ0v) is 11.6. The largest absolute Gasteiger partial charge is 0.361 e. The number of nitrogens with zero attached hydrogens (tertiary/aromatic N) is 1. The number of aromatic amines is 1. The molecule has 3 aromatic carbocycles. The van der Waals surface area contributed by atoms with Gasteiger partial charge in [0.05, 0.1) is 15.9 Å². The van der Waals surface area contributed by atoms with Gasteiger partial charge in [-0.2, -0.15) is 0 Å². The monoisotopic (exact) mass is 288 g/mol. The van der Waals surface area contributed by atoms with Crippen molar-refractivity contribution < 1.29 is 4.92 Å². The number of nitrogens with one attached hydrogen (secondary N) is 1. The van der Waals surface area contributed by atoms with Crippen LogP contribution in [0.2, 0.25) is 0 Å². The number of fused-ring (bicyclic) bond motifs is 2. The van der Waals surface area contributed by atoms with Crippen LogP contribution in [0.15, 0.2) is 66.9 Å². The molecule has 22 heavy (non-hydrogen) atoms. The number of hydrogen-bond acceptors (Lipinski definition) is 2. The lowest BCUT2D eigenvalue weighted by atomic mass is 9.98. The van der Waals surface area contributed by atoms with Gasteiger partial charge in [0, 0.05) is 11.7 Å². The molecule has 0 fully saturated rings. The van der Waals surface area contributed by atoms with Crippen molar-refractivity contribution >= 4 is 27.4 Å². The molecule has 0 saturated carbocycles. The lowest BCUT2D eigenvalue weighted by molar-refractivity contribution is -0.382. The molecule has 0 unspecified atom stereocenters. The zero-order valence-electron chi connectivity index (χ0n) is 11.6. The summed E-state index contributed by atoms with van der Waals surface area (Å²) >= 11 is 0. The normalized spacial score (nSPS) is 11.1. The van der Waals surface area contributed by atoms with Gasteiger partial charge in [0.25, 0.3) is 5.69 Å². The first-order valence-electron chi connectivity index (χ1n) is 6.98. The molecular weight excluding hydrogens is 276 g/mol. The van der Waals surface area contributed by atoms with Crippen molar-refractivity contribution in [3.8, 4) is 11.1 Å². The Morgan fingerprint density at radius 1 is 0.909 bits per heavy atom. The van der Waals surface area contributed by atoms with Gasteiger partial charge in [0.1, 0.15) is 0 Å². The molecule has 0 aliphatic heterocycles. The third kappa shape index (κ3) is 1.85. The van der Waals surface area contributed by atoms with Crippen molar-refractivity contribution in [3.05, 3.63) is 77.0 Å². The van der Waals surface area contributed by atoms with E-state index in [4.69, 9.17) is 0 Å². The number of benzene rings is 3.